The highest BCUT2D eigenvalue weighted by atomic mass is 16.2. The van der Waals surface area contributed by atoms with Gasteiger partial charge in [0.05, 0.1) is 26.2 Å². The highest BCUT2D eigenvalue weighted by Gasteiger charge is 2.26. The molecular formula is C25H31N4O2+. The van der Waals surface area contributed by atoms with Gasteiger partial charge in [-0.3, -0.25) is 9.59 Å². The molecule has 0 saturated carbocycles. The number of benzene rings is 2. The molecule has 6 heteroatoms. The lowest BCUT2D eigenvalue weighted by Gasteiger charge is -2.32. The number of hydrogen-bond acceptors (Lipinski definition) is 2. The Hall–Kier alpha value is -3.12. The second-order valence-electron chi connectivity index (χ2n) is 8.55. The van der Waals surface area contributed by atoms with Gasteiger partial charge in [0, 0.05) is 16.9 Å². The van der Waals surface area contributed by atoms with E-state index in [0.717, 1.165) is 46.5 Å². The van der Waals surface area contributed by atoms with E-state index in [9.17, 15) is 9.59 Å². The Morgan fingerprint density at radius 1 is 0.968 bits per heavy atom. The molecule has 0 unspecified atom stereocenters. The first kappa shape index (κ1) is 21.1. The first-order valence-corrected chi connectivity index (χ1v) is 10.9. The maximum absolute atomic E-state index is 12.9. The molecule has 162 valence electrons. The zero-order valence-corrected chi connectivity index (χ0v) is 18.6. The predicted octanol–water partition coefficient (Wildman–Crippen LogP) is 1.93. The molecule has 2 amide bonds. The molecule has 6 nitrogen and oxygen atoms in total. The van der Waals surface area contributed by atoms with E-state index >= 15 is 0 Å². The lowest BCUT2D eigenvalue weighted by atomic mass is 10.1. The lowest BCUT2D eigenvalue weighted by Crippen LogP contribution is -3.15. The molecule has 0 radical (unpaired) electrons. The van der Waals surface area contributed by atoms with E-state index in [1.54, 1.807) is 0 Å². The van der Waals surface area contributed by atoms with Gasteiger partial charge in [-0.25, -0.2) is 0 Å². The first-order chi connectivity index (χ1) is 14.9. The van der Waals surface area contributed by atoms with Crippen LogP contribution >= 0.6 is 0 Å². The van der Waals surface area contributed by atoms with Gasteiger partial charge in [-0.2, -0.15) is 0 Å². The monoisotopic (exact) mass is 419 g/mol. The minimum Gasteiger partial charge on any atom is -0.335 e. The Kier molecular flexibility index (Phi) is 6.09. The Balaban J connectivity index is 1.30. The van der Waals surface area contributed by atoms with E-state index in [1.807, 2.05) is 56.0 Å². The Bertz CT molecular complexity index is 1090. The molecule has 2 aromatic carbocycles. The van der Waals surface area contributed by atoms with Crippen molar-refractivity contribution in [2.75, 3.05) is 38.0 Å². The number of carbonyl (C=O) groups is 2. The number of amides is 2. The van der Waals surface area contributed by atoms with Crippen molar-refractivity contribution in [2.24, 2.45) is 0 Å². The zero-order valence-electron chi connectivity index (χ0n) is 18.6. The number of nitrogens with zero attached hydrogens (tertiary/aromatic N) is 2. The van der Waals surface area contributed by atoms with Crippen LogP contribution in [0, 0.1) is 20.8 Å². The molecule has 2 N–H and O–H groups in total. The molecule has 1 aliphatic rings. The molecule has 2 heterocycles. The number of anilines is 1. The molecule has 0 atom stereocenters. The third kappa shape index (κ3) is 4.64. The summed E-state index contributed by atoms with van der Waals surface area (Å²) in [6, 6.07) is 16.3. The molecule has 4 rings (SSSR count). The first-order valence-electron chi connectivity index (χ1n) is 10.9. The van der Waals surface area contributed by atoms with Crippen LogP contribution in [0.25, 0.3) is 10.9 Å². The number of aryl methyl sites for hydroxylation is 3. The van der Waals surface area contributed by atoms with Crippen molar-refractivity contribution in [1.82, 2.24) is 9.47 Å². The third-order valence-electron chi connectivity index (χ3n) is 6.29. The summed E-state index contributed by atoms with van der Waals surface area (Å²) in [4.78, 5) is 28.6. The maximum Gasteiger partial charge on any atom is 0.279 e. The second-order valence-corrected chi connectivity index (χ2v) is 8.55. The summed E-state index contributed by atoms with van der Waals surface area (Å²) in [5.74, 6) is 0.171. The minimum absolute atomic E-state index is 0.0293. The summed E-state index contributed by atoms with van der Waals surface area (Å²) < 4.78 is 2.09. The average molecular weight is 420 g/mol. The summed E-state index contributed by atoms with van der Waals surface area (Å²) in [5.41, 5.74) is 5.26. The lowest BCUT2D eigenvalue weighted by molar-refractivity contribution is -0.895. The van der Waals surface area contributed by atoms with Crippen molar-refractivity contribution < 1.29 is 14.5 Å². The minimum atomic E-state index is 0.0293. The highest BCUT2D eigenvalue weighted by molar-refractivity contribution is 5.93. The number of piperazine rings is 1. The largest absolute Gasteiger partial charge is 0.335 e. The van der Waals surface area contributed by atoms with Gasteiger partial charge in [0.25, 0.3) is 5.91 Å². The summed E-state index contributed by atoms with van der Waals surface area (Å²) in [5, 5.41) is 4.23. The van der Waals surface area contributed by atoms with Crippen molar-refractivity contribution in [2.45, 2.75) is 27.3 Å². The van der Waals surface area contributed by atoms with Crippen LogP contribution < -0.4 is 10.2 Å². The van der Waals surface area contributed by atoms with Crippen LogP contribution in [0.4, 0.5) is 5.69 Å². The molecule has 0 bridgehead atoms. The number of quaternary nitrogens is 1. The van der Waals surface area contributed by atoms with Crippen LogP contribution in [0.3, 0.4) is 0 Å². The quantitative estimate of drug-likeness (QED) is 0.664. The fourth-order valence-electron chi connectivity index (χ4n) is 4.46. The van der Waals surface area contributed by atoms with Crippen molar-refractivity contribution in [3.8, 4) is 0 Å². The number of aromatic nitrogens is 1. The van der Waals surface area contributed by atoms with E-state index in [-0.39, 0.29) is 11.8 Å². The van der Waals surface area contributed by atoms with Gasteiger partial charge in [-0.05, 0) is 49.4 Å². The SMILES string of the molecule is Cc1cccc(C)c1NC(=O)C[NH+]1CCN(C(=O)Cn2c(C)cc3ccccc32)CC1. The Labute approximate surface area is 183 Å². The van der Waals surface area contributed by atoms with Gasteiger partial charge in [-0.15, -0.1) is 0 Å². The molecule has 1 aromatic heterocycles. The molecule has 31 heavy (non-hydrogen) atoms. The van der Waals surface area contributed by atoms with Crippen LogP contribution in [0.5, 0.6) is 0 Å². The fourth-order valence-corrected chi connectivity index (χ4v) is 4.46. The molecular weight excluding hydrogens is 388 g/mol. The van der Waals surface area contributed by atoms with E-state index in [2.05, 4.69) is 28.1 Å². The smallest absolute Gasteiger partial charge is 0.279 e. The molecule has 1 aliphatic heterocycles. The Morgan fingerprint density at radius 2 is 1.65 bits per heavy atom. The van der Waals surface area contributed by atoms with E-state index in [1.165, 1.54) is 4.90 Å². The second kappa shape index (κ2) is 8.94. The molecule has 0 aliphatic carbocycles. The predicted molar refractivity (Wildman–Crippen MR) is 123 cm³/mol. The molecule has 0 spiro atoms. The maximum atomic E-state index is 12.9. The van der Waals surface area contributed by atoms with Gasteiger partial charge >= 0.3 is 0 Å². The van der Waals surface area contributed by atoms with E-state index in [0.29, 0.717) is 26.2 Å². The summed E-state index contributed by atoms with van der Waals surface area (Å²) in [6.07, 6.45) is 0. The Morgan fingerprint density at radius 3 is 2.35 bits per heavy atom. The van der Waals surface area contributed by atoms with Crippen LogP contribution in [0.2, 0.25) is 0 Å². The van der Waals surface area contributed by atoms with E-state index in [4.69, 9.17) is 0 Å². The fraction of sp³-hybridized carbons (Fsp3) is 0.360. The highest BCUT2D eigenvalue weighted by Crippen LogP contribution is 2.20. The number of hydrogen-bond donors (Lipinski definition) is 2. The standard InChI is InChI=1S/C25H30N4O2/c1-18-7-6-8-19(2)25(18)26-23(30)16-27-11-13-28(14-12-27)24(31)17-29-20(3)15-21-9-4-5-10-22(21)29/h4-10,15H,11-14,16-17H2,1-3H3,(H,26,30)/p+1. The van der Waals surface area contributed by atoms with Gasteiger partial charge < -0.3 is 19.7 Å². The van der Waals surface area contributed by atoms with Crippen LogP contribution in [-0.2, 0) is 16.1 Å². The van der Waals surface area contributed by atoms with Crippen LogP contribution in [0.15, 0.2) is 48.5 Å². The molecule has 1 saturated heterocycles. The summed E-state index contributed by atoms with van der Waals surface area (Å²) in [6.45, 7) is 9.80. The van der Waals surface area contributed by atoms with E-state index < -0.39 is 0 Å². The zero-order chi connectivity index (χ0) is 22.0. The number of para-hydroxylation sites is 2. The normalized spacial score (nSPS) is 14.7. The van der Waals surface area contributed by atoms with Crippen molar-refractivity contribution >= 4 is 28.4 Å². The number of carbonyl (C=O) groups excluding carboxylic acids is 2. The number of fused-ring (bicyclic) bond motifs is 1. The van der Waals surface area contributed by atoms with Gasteiger partial charge in [-0.1, -0.05) is 36.4 Å². The topological polar surface area (TPSA) is 58.8 Å². The van der Waals surface area contributed by atoms with Gasteiger partial charge in [0.2, 0.25) is 5.91 Å². The van der Waals surface area contributed by atoms with Crippen molar-refractivity contribution in [1.29, 1.82) is 0 Å². The average Bonchev–Trinajstić information content (AvgIpc) is 3.06. The van der Waals surface area contributed by atoms with Crippen LogP contribution in [0.1, 0.15) is 16.8 Å². The van der Waals surface area contributed by atoms with Crippen LogP contribution in [-0.4, -0.2) is 54.0 Å². The molecule has 1 fully saturated rings. The molecule has 3 aromatic rings. The number of nitrogens with one attached hydrogen (secondary N) is 2. The number of rotatable bonds is 5. The van der Waals surface area contributed by atoms with Gasteiger partial charge in [0.1, 0.15) is 6.54 Å². The van der Waals surface area contributed by atoms with Crippen molar-refractivity contribution in [3.05, 3.63) is 65.4 Å². The van der Waals surface area contributed by atoms with Crippen molar-refractivity contribution in [3.63, 3.8) is 0 Å². The van der Waals surface area contributed by atoms with Gasteiger partial charge in [0.15, 0.2) is 6.54 Å². The summed E-state index contributed by atoms with van der Waals surface area (Å²) >= 11 is 0. The third-order valence-corrected chi connectivity index (χ3v) is 6.29. The summed E-state index contributed by atoms with van der Waals surface area (Å²) in [7, 11) is 0.